The predicted octanol–water partition coefficient (Wildman–Crippen LogP) is 1.23. The minimum absolute atomic E-state index is 0.132. The highest BCUT2D eigenvalue weighted by atomic mass is 32.2. The van der Waals surface area contributed by atoms with Crippen LogP contribution in [0.5, 0.6) is 0 Å². The third-order valence-corrected chi connectivity index (χ3v) is 4.95. The minimum Gasteiger partial charge on any atom is -0.444 e. The largest absolute Gasteiger partial charge is 0.444 e. The van der Waals surface area contributed by atoms with Crippen molar-refractivity contribution in [3.8, 4) is 11.5 Å². The third kappa shape index (κ3) is 2.90. The van der Waals surface area contributed by atoms with Gasteiger partial charge in [0.05, 0.1) is 29.5 Å². The van der Waals surface area contributed by atoms with Crippen molar-refractivity contribution in [3.05, 3.63) is 59.1 Å². The van der Waals surface area contributed by atoms with Gasteiger partial charge in [-0.3, -0.25) is 4.79 Å². The molecule has 0 spiro atoms. The first-order valence-corrected chi connectivity index (χ1v) is 9.45. The van der Waals surface area contributed by atoms with Gasteiger partial charge in [0, 0.05) is 11.8 Å². The maximum absolute atomic E-state index is 12.3. The highest BCUT2D eigenvalue weighted by Gasteiger charge is 2.12. The van der Waals surface area contributed by atoms with Crippen LogP contribution in [-0.2, 0) is 16.4 Å². The van der Waals surface area contributed by atoms with Crippen LogP contribution in [0.15, 0.2) is 57.2 Å². The Labute approximate surface area is 147 Å². The van der Waals surface area contributed by atoms with Crippen LogP contribution in [0.1, 0.15) is 5.69 Å². The van der Waals surface area contributed by atoms with Gasteiger partial charge in [-0.2, -0.15) is 5.10 Å². The summed E-state index contributed by atoms with van der Waals surface area (Å²) in [5.41, 5.74) is 1.69. The smallest absolute Gasteiger partial charge is 0.295 e. The molecule has 0 unspecified atom stereocenters. The van der Waals surface area contributed by atoms with E-state index >= 15 is 0 Å². The molecule has 0 saturated heterocycles. The van der Waals surface area contributed by atoms with E-state index < -0.39 is 9.84 Å². The van der Waals surface area contributed by atoms with Gasteiger partial charge in [0.1, 0.15) is 12.0 Å². The molecule has 0 amide bonds. The molecule has 0 saturated carbocycles. The van der Waals surface area contributed by atoms with Crippen molar-refractivity contribution >= 4 is 20.9 Å². The number of H-pyrrole nitrogens is 1. The second kappa shape index (κ2) is 5.92. The molecule has 3 heterocycles. The van der Waals surface area contributed by atoms with Crippen LogP contribution < -0.4 is 5.56 Å². The molecule has 10 heteroatoms. The quantitative estimate of drug-likeness (QED) is 0.572. The number of hydrogen-bond acceptors (Lipinski definition) is 7. The van der Waals surface area contributed by atoms with Crippen molar-refractivity contribution in [2.24, 2.45) is 0 Å². The number of aromatic nitrogens is 5. The van der Waals surface area contributed by atoms with Crippen molar-refractivity contribution in [1.82, 2.24) is 24.7 Å². The maximum Gasteiger partial charge on any atom is 0.295 e. The van der Waals surface area contributed by atoms with Gasteiger partial charge in [0.15, 0.2) is 15.4 Å². The zero-order valence-corrected chi connectivity index (χ0v) is 14.4. The number of sulfone groups is 1. The molecule has 3 aromatic heterocycles. The number of fused-ring (bicyclic) bond motifs is 1. The molecule has 132 valence electrons. The zero-order chi connectivity index (χ0) is 18.3. The second-order valence-electron chi connectivity index (χ2n) is 5.71. The summed E-state index contributed by atoms with van der Waals surface area (Å²) >= 11 is 0. The van der Waals surface area contributed by atoms with Gasteiger partial charge < -0.3 is 9.40 Å². The Hall–Kier alpha value is -3.27. The maximum atomic E-state index is 12.3. The van der Waals surface area contributed by atoms with Crippen LogP contribution in [0.2, 0.25) is 0 Å². The second-order valence-corrected chi connectivity index (χ2v) is 7.73. The van der Waals surface area contributed by atoms with E-state index in [4.69, 9.17) is 4.42 Å². The lowest BCUT2D eigenvalue weighted by atomic mass is 10.2. The average Bonchev–Trinajstić information content (AvgIpc) is 3.26. The topological polar surface area (TPSA) is 124 Å². The van der Waals surface area contributed by atoms with Crippen molar-refractivity contribution in [2.75, 3.05) is 6.26 Å². The first-order chi connectivity index (χ1) is 12.4. The zero-order valence-electron chi connectivity index (χ0n) is 13.6. The summed E-state index contributed by atoms with van der Waals surface area (Å²) in [6, 6.07) is 6.22. The van der Waals surface area contributed by atoms with Crippen LogP contribution in [0, 0.1) is 0 Å². The Kier molecular flexibility index (Phi) is 3.69. The molecule has 0 atom stereocenters. The van der Waals surface area contributed by atoms with Crippen LogP contribution in [0.25, 0.3) is 22.5 Å². The fraction of sp³-hybridized carbons (Fsp3) is 0.125. The number of hydrogen-bond donors (Lipinski definition) is 1. The fourth-order valence-corrected chi connectivity index (χ4v) is 3.13. The van der Waals surface area contributed by atoms with Crippen LogP contribution >= 0.6 is 0 Å². The predicted molar refractivity (Wildman–Crippen MR) is 92.3 cm³/mol. The van der Waals surface area contributed by atoms with Gasteiger partial charge in [0.25, 0.3) is 5.56 Å². The summed E-state index contributed by atoms with van der Waals surface area (Å²) in [5, 5.41) is 4.08. The van der Waals surface area contributed by atoms with E-state index in [0.717, 1.165) is 6.26 Å². The van der Waals surface area contributed by atoms with E-state index in [1.54, 1.807) is 12.1 Å². The van der Waals surface area contributed by atoms with Crippen LogP contribution in [0.3, 0.4) is 0 Å². The lowest BCUT2D eigenvalue weighted by Gasteiger charge is -2.00. The monoisotopic (exact) mass is 371 g/mol. The molecule has 0 fully saturated rings. The number of nitrogens with zero attached hydrogens (tertiary/aromatic N) is 4. The average molecular weight is 371 g/mol. The normalized spacial score (nSPS) is 11.9. The minimum atomic E-state index is -3.26. The Morgan fingerprint density at radius 3 is 2.73 bits per heavy atom. The standard InChI is InChI=1S/C16H13N5O4S/c1-26(23,24)12-4-2-10(3-5-12)15-20-11(8-25-15)7-21-16(22)14-13(6-19-21)17-9-18-14/h2-6,8-9H,7H2,1H3,(H,17,18). The van der Waals surface area contributed by atoms with Crippen molar-refractivity contribution < 1.29 is 12.8 Å². The molecule has 0 bridgehead atoms. The molecular formula is C16H13N5O4S. The van der Waals surface area contributed by atoms with E-state index in [9.17, 15) is 13.2 Å². The molecule has 0 aliphatic carbocycles. The summed E-state index contributed by atoms with van der Waals surface area (Å²) in [4.78, 5) is 23.7. The fourth-order valence-electron chi connectivity index (χ4n) is 2.50. The Morgan fingerprint density at radius 2 is 2.00 bits per heavy atom. The SMILES string of the molecule is CS(=O)(=O)c1ccc(-c2nc(Cn3ncc4[nH]cnc4c3=O)co2)cc1. The molecule has 9 nitrogen and oxygen atoms in total. The van der Waals surface area contributed by atoms with Crippen molar-refractivity contribution in [1.29, 1.82) is 0 Å². The van der Waals surface area contributed by atoms with Crippen LogP contribution in [-0.4, -0.2) is 39.4 Å². The van der Waals surface area contributed by atoms with Crippen molar-refractivity contribution in [3.63, 3.8) is 0 Å². The molecule has 0 radical (unpaired) electrons. The van der Waals surface area contributed by atoms with E-state index in [1.165, 1.54) is 35.6 Å². The van der Waals surface area contributed by atoms with Gasteiger partial charge in [-0.1, -0.05) is 0 Å². The summed E-state index contributed by atoms with van der Waals surface area (Å²) in [6.45, 7) is 0.132. The van der Waals surface area contributed by atoms with Gasteiger partial charge in [0.2, 0.25) is 5.89 Å². The molecule has 0 aliphatic rings. The van der Waals surface area contributed by atoms with Crippen molar-refractivity contribution in [2.45, 2.75) is 11.4 Å². The molecule has 4 aromatic rings. The van der Waals surface area contributed by atoms with Crippen LogP contribution in [0.4, 0.5) is 0 Å². The highest BCUT2D eigenvalue weighted by Crippen LogP contribution is 2.21. The van der Waals surface area contributed by atoms with Gasteiger partial charge in [-0.05, 0) is 24.3 Å². The Bertz CT molecular complexity index is 1250. The molecule has 4 rings (SSSR count). The summed E-state index contributed by atoms with van der Waals surface area (Å²) < 4.78 is 29.7. The lowest BCUT2D eigenvalue weighted by molar-refractivity contribution is 0.567. The first-order valence-electron chi connectivity index (χ1n) is 7.56. The third-order valence-electron chi connectivity index (χ3n) is 3.82. The summed E-state index contributed by atoms with van der Waals surface area (Å²) in [6.07, 6.45) is 5.54. The summed E-state index contributed by atoms with van der Waals surface area (Å²) in [5.74, 6) is 0.328. The molecule has 1 aromatic carbocycles. The van der Waals surface area contributed by atoms with Gasteiger partial charge in [-0.15, -0.1) is 0 Å². The summed E-state index contributed by atoms with van der Waals surface area (Å²) in [7, 11) is -3.26. The Morgan fingerprint density at radius 1 is 1.23 bits per heavy atom. The van der Waals surface area contributed by atoms with E-state index in [-0.39, 0.29) is 17.0 Å². The lowest BCUT2D eigenvalue weighted by Crippen LogP contribution is -2.23. The number of imidazole rings is 1. The molecule has 26 heavy (non-hydrogen) atoms. The van der Waals surface area contributed by atoms with Gasteiger partial charge in [-0.25, -0.2) is 23.1 Å². The molecule has 1 N–H and O–H groups in total. The first kappa shape index (κ1) is 16.2. The number of aromatic amines is 1. The number of rotatable bonds is 4. The van der Waals surface area contributed by atoms with E-state index in [2.05, 4.69) is 20.1 Å². The molecular weight excluding hydrogens is 358 g/mol. The van der Waals surface area contributed by atoms with Gasteiger partial charge >= 0.3 is 0 Å². The number of benzene rings is 1. The Balaban J connectivity index is 1.61. The highest BCUT2D eigenvalue weighted by molar-refractivity contribution is 7.90. The number of oxazole rings is 1. The van der Waals surface area contributed by atoms with E-state index in [0.29, 0.717) is 28.2 Å². The number of nitrogens with one attached hydrogen (secondary N) is 1. The molecule has 0 aliphatic heterocycles. The van der Waals surface area contributed by atoms with E-state index in [1.807, 2.05) is 0 Å².